The number of rotatable bonds is 7. The van der Waals surface area contributed by atoms with Crippen molar-refractivity contribution >= 4 is 11.8 Å². The Morgan fingerprint density at radius 1 is 1.29 bits per heavy atom. The molecule has 0 rings (SSSR count). The van der Waals surface area contributed by atoms with Crippen LogP contribution in [0.4, 0.5) is 0 Å². The molecule has 0 aliphatic carbocycles. The minimum Gasteiger partial charge on any atom is -0.466 e. The van der Waals surface area contributed by atoms with E-state index in [1.807, 2.05) is 19.1 Å². The summed E-state index contributed by atoms with van der Waals surface area (Å²) in [5.41, 5.74) is 0. The van der Waals surface area contributed by atoms with Crippen LogP contribution in [0.25, 0.3) is 0 Å². The first-order valence-electron chi connectivity index (χ1n) is 4.99. The van der Waals surface area contributed by atoms with Gasteiger partial charge in [-0.15, -0.1) is 0 Å². The molecular formula is C11H18O3. The van der Waals surface area contributed by atoms with Crippen LogP contribution < -0.4 is 0 Å². The van der Waals surface area contributed by atoms with Crippen molar-refractivity contribution in [3.8, 4) is 0 Å². The fraction of sp³-hybridized carbons (Fsp3) is 0.636. The summed E-state index contributed by atoms with van der Waals surface area (Å²) in [6.45, 7) is 4.06. The van der Waals surface area contributed by atoms with Gasteiger partial charge in [0, 0.05) is 19.3 Å². The molecule has 0 atom stereocenters. The zero-order valence-corrected chi connectivity index (χ0v) is 8.91. The first-order valence-corrected chi connectivity index (χ1v) is 4.99. The molecule has 0 N–H and O–H groups in total. The lowest BCUT2D eigenvalue weighted by Gasteiger charge is -2.00. The van der Waals surface area contributed by atoms with Gasteiger partial charge in [-0.25, -0.2) is 0 Å². The molecule has 3 nitrogen and oxygen atoms in total. The predicted octanol–water partition coefficient (Wildman–Crippen LogP) is 2.26. The van der Waals surface area contributed by atoms with Crippen molar-refractivity contribution in [3.05, 3.63) is 12.2 Å². The number of allylic oxidation sites excluding steroid dienone is 2. The largest absolute Gasteiger partial charge is 0.466 e. The first-order chi connectivity index (χ1) is 6.70. The predicted molar refractivity (Wildman–Crippen MR) is 54.9 cm³/mol. The molecule has 0 aromatic heterocycles. The zero-order chi connectivity index (χ0) is 10.8. The second-order valence-corrected chi connectivity index (χ2v) is 2.97. The third-order valence-corrected chi connectivity index (χ3v) is 1.72. The molecular weight excluding hydrogens is 180 g/mol. The molecule has 0 saturated carbocycles. The van der Waals surface area contributed by atoms with Crippen molar-refractivity contribution in [2.45, 2.75) is 39.5 Å². The van der Waals surface area contributed by atoms with E-state index in [4.69, 9.17) is 4.74 Å². The second-order valence-electron chi connectivity index (χ2n) is 2.97. The fourth-order valence-electron chi connectivity index (χ4n) is 1.01. The summed E-state index contributed by atoms with van der Waals surface area (Å²) in [7, 11) is 0. The Labute approximate surface area is 85.1 Å². The highest BCUT2D eigenvalue weighted by atomic mass is 16.5. The van der Waals surface area contributed by atoms with E-state index in [1.54, 1.807) is 6.92 Å². The topological polar surface area (TPSA) is 43.4 Å². The summed E-state index contributed by atoms with van der Waals surface area (Å²) >= 11 is 0. The molecule has 3 heteroatoms. The molecule has 0 aliphatic heterocycles. The minimum atomic E-state index is -0.216. The molecule has 0 aliphatic rings. The van der Waals surface area contributed by atoms with E-state index >= 15 is 0 Å². The summed E-state index contributed by atoms with van der Waals surface area (Å²) < 4.78 is 4.74. The first kappa shape index (κ1) is 12.9. The van der Waals surface area contributed by atoms with Crippen molar-refractivity contribution in [3.63, 3.8) is 0 Å². The van der Waals surface area contributed by atoms with Crippen LogP contribution in [0.2, 0.25) is 0 Å². The summed E-state index contributed by atoms with van der Waals surface area (Å²) in [4.78, 5) is 22.0. The number of hydrogen-bond acceptors (Lipinski definition) is 3. The molecule has 0 aromatic carbocycles. The lowest BCUT2D eigenvalue weighted by Crippen LogP contribution is -2.05. The van der Waals surface area contributed by atoms with Gasteiger partial charge < -0.3 is 4.74 Å². The van der Waals surface area contributed by atoms with Crippen molar-refractivity contribution in [1.82, 2.24) is 0 Å². The van der Waals surface area contributed by atoms with Crippen LogP contribution in [0.5, 0.6) is 0 Å². The van der Waals surface area contributed by atoms with E-state index in [0.717, 1.165) is 0 Å². The smallest absolute Gasteiger partial charge is 0.305 e. The third-order valence-electron chi connectivity index (χ3n) is 1.72. The van der Waals surface area contributed by atoms with Crippen LogP contribution in [0.3, 0.4) is 0 Å². The van der Waals surface area contributed by atoms with Gasteiger partial charge in [0.25, 0.3) is 0 Å². The molecule has 0 unspecified atom stereocenters. The summed E-state index contributed by atoms with van der Waals surface area (Å²) in [6, 6.07) is 0. The van der Waals surface area contributed by atoms with Gasteiger partial charge in [0.05, 0.1) is 6.61 Å². The van der Waals surface area contributed by atoms with Crippen LogP contribution in [0.15, 0.2) is 12.2 Å². The lowest BCUT2D eigenvalue weighted by molar-refractivity contribution is -0.143. The Balaban J connectivity index is 3.44. The molecule has 0 radical (unpaired) electrons. The third kappa shape index (κ3) is 7.53. The van der Waals surface area contributed by atoms with Crippen molar-refractivity contribution in [2.75, 3.05) is 6.61 Å². The fourth-order valence-corrected chi connectivity index (χ4v) is 1.01. The highest BCUT2D eigenvalue weighted by Gasteiger charge is 2.04. The van der Waals surface area contributed by atoms with Gasteiger partial charge in [-0.2, -0.15) is 0 Å². The molecule has 0 fully saturated rings. The molecule has 0 heterocycles. The normalized spacial score (nSPS) is 10.4. The highest BCUT2D eigenvalue weighted by molar-refractivity contribution is 5.80. The van der Waals surface area contributed by atoms with Gasteiger partial charge in [0.15, 0.2) is 0 Å². The Kier molecular flexibility index (Phi) is 7.80. The Morgan fingerprint density at radius 2 is 2.00 bits per heavy atom. The Hall–Kier alpha value is -1.12. The summed E-state index contributed by atoms with van der Waals surface area (Å²) in [5.74, 6) is -0.0428. The van der Waals surface area contributed by atoms with Crippen LogP contribution in [0, 0.1) is 0 Å². The van der Waals surface area contributed by atoms with Gasteiger partial charge in [0.2, 0.25) is 0 Å². The van der Waals surface area contributed by atoms with Gasteiger partial charge in [-0.05, 0) is 20.3 Å². The van der Waals surface area contributed by atoms with Crippen molar-refractivity contribution in [1.29, 1.82) is 0 Å². The van der Waals surface area contributed by atoms with Gasteiger partial charge >= 0.3 is 5.97 Å². The van der Waals surface area contributed by atoms with E-state index in [0.29, 0.717) is 32.3 Å². The second kappa shape index (κ2) is 8.48. The number of Topliss-reactive ketones (excluding diaryl/α,β-unsaturated/α-hetero) is 1. The molecule has 0 aromatic rings. The van der Waals surface area contributed by atoms with E-state index in [9.17, 15) is 9.59 Å². The maximum absolute atomic E-state index is 11.1. The van der Waals surface area contributed by atoms with Crippen molar-refractivity contribution < 1.29 is 14.3 Å². The van der Waals surface area contributed by atoms with Crippen LogP contribution in [-0.4, -0.2) is 18.4 Å². The van der Waals surface area contributed by atoms with E-state index < -0.39 is 0 Å². The van der Waals surface area contributed by atoms with Gasteiger partial charge in [-0.3, -0.25) is 9.59 Å². The van der Waals surface area contributed by atoms with E-state index in [2.05, 4.69) is 0 Å². The monoisotopic (exact) mass is 198 g/mol. The number of carbonyl (C=O) groups excluding carboxylic acids is 2. The van der Waals surface area contributed by atoms with Gasteiger partial charge in [0.1, 0.15) is 5.78 Å². The quantitative estimate of drug-likeness (QED) is 0.465. The zero-order valence-electron chi connectivity index (χ0n) is 8.91. The molecule has 80 valence electrons. The minimum absolute atomic E-state index is 0.174. The summed E-state index contributed by atoms with van der Waals surface area (Å²) in [5, 5.41) is 0. The number of ether oxygens (including phenoxy) is 1. The maximum atomic E-state index is 11.1. The average Bonchev–Trinajstić information content (AvgIpc) is 2.15. The van der Waals surface area contributed by atoms with E-state index in [1.165, 1.54) is 0 Å². The Bertz CT molecular complexity index is 207. The van der Waals surface area contributed by atoms with Gasteiger partial charge in [-0.1, -0.05) is 12.2 Å². The van der Waals surface area contributed by atoms with Crippen LogP contribution >= 0.6 is 0 Å². The number of esters is 1. The molecule has 0 amide bonds. The summed E-state index contributed by atoms with van der Waals surface area (Å²) in [6.07, 6.45) is 5.54. The molecule has 0 saturated heterocycles. The Morgan fingerprint density at radius 3 is 2.57 bits per heavy atom. The molecule has 14 heavy (non-hydrogen) atoms. The standard InChI is InChI=1S/C11H18O3/c1-3-5-7-10(12)8-6-9-11(13)14-4-2/h3,5H,4,6-9H2,1-2H3/b5-3-. The van der Waals surface area contributed by atoms with Crippen LogP contribution in [0.1, 0.15) is 39.5 Å². The van der Waals surface area contributed by atoms with E-state index in [-0.39, 0.29) is 11.8 Å². The lowest BCUT2D eigenvalue weighted by atomic mass is 10.1. The van der Waals surface area contributed by atoms with Crippen LogP contribution in [-0.2, 0) is 14.3 Å². The molecule has 0 bridgehead atoms. The van der Waals surface area contributed by atoms with Crippen molar-refractivity contribution in [2.24, 2.45) is 0 Å². The molecule has 0 spiro atoms. The number of carbonyl (C=O) groups is 2. The highest BCUT2D eigenvalue weighted by Crippen LogP contribution is 2.01. The number of ketones is 1. The average molecular weight is 198 g/mol. The maximum Gasteiger partial charge on any atom is 0.305 e. The number of hydrogen-bond donors (Lipinski definition) is 0. The SMILES string of the molecule is C/C=C\CC(=O)CCCC(=O)OCC.